The Balaban J connectivity index is 2.22. The van der Waals surface area contributed by atoms with Crippen LogP contribution in [-0.4, -0.2) is 14.7 Å². The van der Waals surface area contributed by atoms with Gasteiger partial charge in [-0.05, 0) is 58.7 Å². The van der Waals surface area contributed by atoms with E-state index in [0.717, 1.165) is 18.4 Å². The maximum atomic E-state index is 13.2. The first-order chi connectivity index (χ1) is 12.6. The topological polar surface area (TPSA) is 34.1 Å². The first-order valence-electron chi connectivity index (χ1n) is 7.83. The first-order valence-corrected chi connectivity index (χ1v) is 10.1. The third-order valence-electron chi connectivity index (χ3n) is 4.08. The fourth-order valence-corrected chi connectivity index (χ4v) is 3.57. The molecule has 0 aromatic heterocycles. The molecule has 0 fully saturated rings. The Bertz CT molecular complexity index is 1090. The minimum atomic E-state index is -4.49. The van der Waals surface area contributed by atoms with Gasteiger partial charge in [0.1, 0.15) is 0 Å². The zero-order valence-electron chi connectivity index (χ0n) is 14.1. The highest BCUT2D eigenvalue weighted by molar-refractivity contribution is 7.90. The zero-order chi connectivity index (χ0) is 19.8. The summed E-state index contributed by atoms with van der Waals surface area (Å²) in [6, 6.07) is 16.0. The maximum Gasteiger partial charge on any atom is 0.416 e. The lowest BCUT2D eigenvalue weighted by atomic mass is 9.92. The Hall–Kier alpha value is -2.31. The molecule has 27 heavy (non-hydrogen) atoms. The number of rotatable bonds is 3. The van der Waals surface area contributed by atoms with Gasteiger partial charge in [0.25, 0.3) is 0 Å². The normalized spacial score (nSPS) is 12.2. The summed E-state index contributed by atoms with van der Waals surface area (Å²) in [5.41, 5.74) is 1.27. The van der Waals surface area contributed by atoms with Crippen LogP contribution >= 0.6 is 11.6 Å². The van der Waals surface area contributed by atoms with Crippen molar-refractivity contribution in [3.8, 4) is 22.3 Å². The van der Waals surface area contributed by atoms with Crippen molar-refractivity contribution < 1.29 is 21.6 Å². The number of halogens is 4. The molecule has 0 heterocycles. The van der Waals surface area contributed by atoms with E-state index in [2.05, 4.69) is 0 Å². The van der Waals surface area contributed by atoms with Crippen LogP contribution < -0.4 is 0 Å². The Labute approximate surface area is 160 Å². The van der Waals surface area contributed by atoms with Crippen LogP contribution in [0.5, 0.6) is 0 Å². The summed E-state index contributed by atoms with van der Waals surface area (Å²) in [4.78, 5) is 0.0996. The molecule has 7 heteroatoms. The molecule has 140 valence electrons. The predicted octanol–water partition coefficient (Wildman–Crippen LogP) is 6.10. The van der Waals surface area contributed by atoms with E-state index in [-0.39, 0.29) is 4.90 Å². The summed E-state index contributed by atoms with van der Waals surface area (Å²) in [5.74, 6) is 0. The molecule has 0 radical (unpaired) electrons. The van der Waals surface area contributed by atoms with Gasteiger partial charge in [-0.25, -0.2) is 8.42 Å². The molecule has 2 nitrogen and oxygen atoms in total. The molecule has 0 aliphatic carbocycles. The van der Waals surface area contributed by atoms with Crippen LogP contribution in [-0.2, 0) is 16.0 Å². The largest absolute Gasteiger partial charge is 0.416 e. The molecule has 0 saturated carbocycles. The Kier molecular flexibility index (Phi) is 5.06. The molecule has 0 N–H and O–H groups in total. The quantitative estimate of drug-likeness (QED) is 0.523. The van der Waals surface area contributed by atoms with Crippen molar-refractivity contribution in [2.45, 2.75) is 11.1 Å². The van der Waals surface area contributed by atoms with Crippen molar-refractivity contribution in [3.63, 3.8) is 0 Å². The molecule has 3 aromatic rings. The summed E-state index contributed by atoms with van der Waals surface area (Å²) >= 11 is 6.02. The fourth-order valence-electron chi connectivity index (χ4n) is 2.75. The molecule has 0 atom stereocenters. The van der Waals surface area contributed by atoms with E-state index in [4.69, 9.17) is 11.6 Å². The standard InChI is InChI=1S/C20H14ClF3O2S/c1-27(25,26)17-8-5-13(6-9-17)19-12-15(20(22,23)24)7-10-18(19)14-3-2-4-16(21)11-14/h2-12H,1H3. The molecule has 3 aromatic carbocycles. The first kappa shape index (κ1) is 19.5. The highest BCUT2D eigenvalue weighted by Crippen LogP contribution is 2.38. The van der Waals surface area contributed by atoms with Crippen molar-refractivity contribution in [2.24, 2.45) is 0 Å². The summed E-state index contributed by atoms with van der Waals surface area (Å²) in [6.07, 6.45) is -3.42. The highest BCUT2D eigenvalue weighted by atomic mass is 35.5. The molecule has 0 aliphatic heterocycles. The van der Waals surface area contributed by atoms with Gasteiger partial charge in [0, 0.05) is 11.3 Å². The number of alkyl halides is 3. The van der Waals surface area contributed by atoms with E-state index in [9.17, 15) is 21.6 Å². The van der Waals surface area contributed by atoms with E-state index in [0.29, 0.717) is 27.3 Å². The van der Waals surface area contributed by atoms with E-state index in [1.165, 1.54) is 30.3 Å². The van der Waals surface area contributed by atoms with Crippen LogP contribution in [0.4, 0.5) is 13.2 Å². The highest BCUT2D eigenvalue weighted by Gasteiger charge is 2.31. The van der Waals surface area contributed by atoms with Gasteiger partial charge in [0.15, 0.2) is 9.84 Å². The smallest absolute Gasteiger partial charge is 0.224 e. The molecule has 3 rings (SSSR count). The Morgan fingerprint density at radius 2 is 1.48 bits per heavy atom. The van der Waals surface area contributed by atoms with E-state index in [1.54, 1.807) is 24.3 Å². The van der Waals surface area contributed by atoms with Gasteiger partial charge >= 0.3 is 6.18 Å². The molecule has 0 unspecified atom stereocenters. The van der Waals surface area contributed by atoms with Crippen molar-refractivity contribution in [1.82, 2.24) is 0 Å². The predicted molar refractivity (Wildman–Crippen MR) is 100 cm³/mol. The fraction of sp³-hybridized carbons (Fsp3) is 0.100. The van der Waals surface area contributed by atoms with Crippen molar-refractivity contribution in [2.75, 3.05) is 6.26 Å². The number of hydrogen-bond donors (Lipinski definition) is 0. The number of benzene rings is 3. The second-order valence-electron chi connectivity index (χ2n) is 6.07. The van der Waals surface area contributed by atoms with Gasteiger partial charge in [-0.3, -0.25) is 0 Å². The van der Waals surface area contributed by atoms with Crippen LogP contribution in [0, 0.1) is 0 Å². The molecular formula is C20H14ClF3O2S. The number of sulfone groups is 1. The summed E-state index contributed by atoms with van der Waals surface area (Å²) in [5, 5.41) is 0.464. The van der Waals surface area contributed by atoms with Gasteiger partial charge in [-0.1, -0.05) is 41.9 Å². The lowest BCUT2D eigenvalue weighted by Crippen LogP contribution is -2.05. The number of hydrogen-bond acceptors (Lipinski definition) is 2. The average Bonchev–Trinajstić information content (AvgIpc) is 2.60. The van der Waals surface area contributed by atoms with Gasteiger partial charge < -0.3 is 0 Å². The van der Waals surface area contributed by atoms with Crippen LogP contribution in [0.3, 0.4) is 0 Å². The Morgan fingerprint density at radius 1 is 0.815 bits per heavy atom. The van der Waals surface area contributed by atoms with Crippen LogP contribution in [0.15, 0.2) is 71.6 Å². The molecule has 0 bridgehead atoms. The summed E-state index contributed by atoms with van der Waals surface area (Å²) in [7, 11) is -3.40. The molecule has 0 spiro atoms. The van der Waals surface area contributed by atoms with Gasteiger partial charge in [-0.2, -0.15) is 13.2 Å². The van der Waals surface area contributed by atoms with Crippen molar-refractivity contribution >= 4 is 21.4 Å². The SMILES string of the molecule is CS(=O)(=O)c1ccc(-c2cc(C(F)(F)F)ccc2-c2cccc(Cl)c2)cc1. The molecule has 0 aliphatic rings. The van der Waals surface area contributed by atoms with E-state index in [1.807, 2.05) is 0 Å². The minimum Gasteiger partial charge on any atom is -0.224 e. The van der Waals surface area contributed by atoms with Crippen LogP contribution in [0.1, 0.15) is 5.56 Å². The monoisotopic (exact) mass is 410 g/mol. The van der Waals surface area contributed by atoms with E-state index < -0.39 is 21.6 Å². The van der Waals surface area contributed by atoms with Crippen LogP contribution in [0.25, 0.3) is 22.3 Å². The lowest BCUT2D eigenvalue weighted by Gasteiger charge is -2.15. The lowest BCUT2D eigenvalue weighted by molar-refractivity contribution is -0.137. The second kappa shape index (κ2) is 7.02. The van der Waals surface area contributed by atoms with E-state index >= 15 is 0 Å². The van der Waals surface area contributed by atoms with Crippen molar-refractivity contribution in [3.05, 3.63) is 77.3 Å². The average molecular weight is 411 g/mol. The Morgan fingerprint density at radius 3 is 2.04 bits per heavy atom. The van der Waals surface area contributed by atoms with Crippen molar-refractivity contribution in [1.29, 1.82) is 0 Å². The van der Waals surface area contributed by atoms with Gasteiger partial charge in [0.05, 0.1) is 10.5 Å². The maximum absolute atomic E-state index is 13.2. The van der Waals surface area contributed by atoms with Gasteiger partial charge in [-0.15, -0.1) is 0 Å². The van der Waals surface area contributed by atoms with Gasteiger partial charge in [0.2, 0.25) is 0 Å². The summed E-state index contributed by atoms with van der Waals surface area (Å²) < 4.78 is 62.9. The molecular weight excluding hydrogens is 397 g/mol. The third kappa shape index (κ3) is 4.34. The second-order valence-corrected chi connectivity index (χ2v) is 8.52. The molecule has 0 amide bonds. The zero-order valence-corrected chi connectivity index (χ0v) is 15.7. The third-order valence-corrected chi connectivity index (χ3v) is 5.44. The summed E-state index contributed by atoms with van der Waals surface area (Å²) in [6.45, 7) is 0. The molecule has 0 saturated heterocycles. The van der Waals surface area contributed by atoms with Crippen LogP contribution in [0.2, 0.25) is 5.02 Å². The minimum absolute atomic E-state index is 0.0996.